The summed E-state index contributed by atoms with van der Waals surface area (Å²) >= 11 is 0. The Kier molecular flexibility index (Phi) is 2.46. The standard InChI is InChI=1S/C13H12N4O/c14-8-9-3-5-10(6-4-9)17-11-2-1-7-15-12(11)16-13(17)18/h1-7H,8,14H2,(H,15,16,18). The summed E-state index contributed by atoms with van der Waals surface area (Å²) < 4.78 is 1.60. The number of aromatic nitrogens is 3. The van der Waals surface area contributed by atoms with Crippen LogP contribution in [0.5, 0.6) is 0 Å². The number of H-pyrrole nitrogens is 1. The number of nitrogens with zero attached hydrogens (tertiary/aromatic N) is 2. The van der Waals surface area contributed by atoms with Gasteiger partial charge in [0.05, 0.1) is 11.2 Å². The highest BCUT2D eigenvalue weighted by molar-refractivity contribution is 5.72. The van der Waals surface area contributed by atoms with Crippen LogP contribution in [-0.4, -0.2) is 14.5 Å². The van der Waals surface area contributed by atoms with Crippen molar-refractivity contribution < 1.29 is 0 Å². The number of nitrogens with one attached hydrogen (secondary N) is 1. The van der Waals surface area contributed by atoms with Gasteiger partial charge in [-0.2, -0.15) is 0 Å². The molecule has 18 heavy (non-hydrogen) atoms. The van der Waals surface area contributed by atoms with Crippen LogP contribution < -0.4 is 11.4 Å². The average molecular weight is 240 g/mol. The number of hydrogen-bond acceptors (Lipinski definition) is 3. The van der Waals surface area contributed by atoms with Gasteiger partial charge in [0, 0.05) is 12.7 Å². The number of pyridine rings is 1. The normalized spacial score (nSPS) is 10.9. The Morgan fingerprint density at radius 3 is 2.72 bits per heavy atom. The molecule has 3 aromatic rings. The number of fused-ring (bicyclic) bond motifs is 1. The van der Waals surface area contributed by atoms with Crippen molar-refractivity contribution in [3.8, 4) is 5.69 Å². The van der Waals surface area contributed by atoms with Gasteiger partial charge in [0.25, 0.3) is 0 Å². The summed E-state index contributed by atoms with van der Waals surface area (Å²) in [6, 6.07) is 11.2. The van der Waals surface area contributed by atoms with Gasteiger partial charge in [-0.05, 0) is 29.8 Å². The van der Waals surface area contributed by atoms with E-state index in [0.29, 0.717) is 12.2 Å². The van der Waals surface area contributed by atoms with Crippen molar-refractivity contribution in [3.63, 3.8) is 0 Å². The summed E-state index contributed by atoms with van der Waals surface area (Å²) in [5.41, 5.74) is 8.55. The Morgan fingerprint density at radius 2 is 2.00 bits per heavy atom. The number of rotatable bonds is 2. The summed E-state index contributed by atoms with van der Waals surface area (Å²) in [7, 11) is 0. The van der Waals surface area contributed by atoms with Gasteiger partial charge in [-0.1, -0.05) is 12.1 Å². The van der Waals surface area contributed by atoms with Crippen LogP contribution in [0.1, 0.15) is 5.56 Å². The smallest absolute Gasteiger partial charge is 0.326 e. The lowest BCUT2D eigenvalue weighted by Gasteiger charge is -2.04. The minimum Gasteiger partial charge on any atom is -0.326 e. The summed E-state index contributed by atoms with van der Waals surface area (Å²) in [6.07, 6.45) is 1.65. The van der Waals surface area contributed by atoms with Crippen LogP contribution in [-0.2, 0) is 6.54 Å². The summed E-state index contributed by atoms with van der Waals surface area (Å²) in [5.74, 6) is 0. The Balaban J connectivity index is 2.24. The molecule has 3 N–H and O–H groups in total. The van der Waals surface area contributed by atoms with Gasteiger partial charge in [0.15, 0.2) is 5.65 Å². The summed E-state index contributed by atoms with van der Waals surface area (Å²) in [6.45, 7) is 0.491. The van der Waals surface area contributed by atoms with Crippen molar-refractivity contribution in [1.29, 1.82) is 0 Å². The Labute approximate surface area is 103 Å². The highest BCUT2D eigenvalue weighted by Gasteiger charge is 2.08. The topological polar surface area (TPSA) is 76.7 Å². The number of benzene rings is 1. The molecule has 0 saturated heterocycles. The third-order valence-electron chi connectivity index (χ3n) is 2.89. The Hall–Kier alpha value is -2.40. The van der Waals surface area contributed by atoms with Crippen molar-refractivity contribution in [3.05, 3.63) is 58.6 Å². The highest BCUT2D eigenvalue weighted by atomic mass is 16.1. The third kappa shape index (κ3) is 1.61. The van der Waals surface area contributed by atoms with E-state index in [1.165, 1.54) is 0 Å². The van der Waals surface area contributed by atoms with Gasteiger partial charge < -0.3 is 5.73 Å². The molecule has 0 aliphatic carbocycles. The van der Waals surface area contributed by atoms with E-state index in [0.717, 1.165) is 16.8 Å². The van der Waals surface area contributed by atoms with E-state index >= 15 is 0 Å². The Morgan fingerprint density at radius 1 is 1.22 bits per heavy atom. The molecule has 2 heterocycles. The van der Waals surface area contributed by atoms with Crippen LogP contribution in [0.4, 0.5) is 0 Å². The molecule has 2 aromatic heterocycles. The van der Waals surface area contributed by atoms with Crippen LogP contribution in [0.2, 0.25) is 0 Å². The molecule has 0 atom stereocenters. The monoisotopic (exact) mass is 240 g/mol. The van der Waals surface area contributed by atoms with Gasteiger partial charge >= 0.3 is 5.69 Å². The molecule has 0 saturated carbocycles. The van der Waals surface area contributed by atoms with E-state index in [1.54, 1.807) is 16.8 Å². The van der Waals surface area contributed by atoms with Crippen LogP contribution in [0.15, 0.2) is 47.4 Å². The first kappa shape index (κ1) is 10.7. The van der Waals surface area contributed by atoms with Crippen LogP contribution in [0.3, 0.4) is 0 Å². The number of imidazole rings is 1. The van der Waals surface area contributed by atoms with Gasteiger partial charge in [0.1, 0.15) is 0 Å². The molecular weight excluding hydrogens is 228 g/mol. The lowest BCUT2D eigenvalue weighted by molar-refractivity contribution is 1.01. The van der Waals surface area contributed by atoms with Crippen molar-refractivity contribution in [2.24, 2.45) is 5.73 Å². The molecule has 5 heteroatoms. The lowest BCUT2D eigenvalue weighted by Crippen LogP contribution is -2.14. The zero-order valence-electron chi connectivity index (χ0n) is 9.63. The third-order valence-corrected chi connectivity index (χ3v) is 2.89. The van der Waals surface area contributed by atoms with E-state index in [4.69, 9.17) is 5.73 Å². The van der Waals surface area contributed by atoms with Gasteiger partial charge in [0.2, 0.25) is 0 Å². The highest BCUT2D eigenvalue weighted by Crippen LogP contribution is 2.14. The van der Waals surface area contributed by atoms with Crippen molar-refractivity contribution in [2.45, 2.75) is 6.54 Å². The molecular formula is C13H12N4O. The first-order valence-electron chi connectivity index (χ1n) is 5.65. The van der Waals surface area contributed by atoms with Gasteiger partial charge in [-0.25, -0.2) is 9.78 Å². The molecule has 3 rings (SSSR count). The van der Waals surface area contributed by atoms with Gasteiger partial charge in [-0.15, -0.1) is 0 Å². The minimum absolute atomic E-state index is 0.191. The van der Waals surface area contributed by atoms with Gasteiger partial charge in [-0.3, -0.25) is 9.55 Å². The van der Waals surface area contributed by atoms with E-state index < -0.39 is 0 Å². The molecule has 90 valence electrons. The SMILES string of the molecule is NCc1ccc(-n2c(=O)[nH]c3ncccc32)cc1. The Bertz CT molecular complexity index is 740. The van der Waals surface area contributed by atoms with Crippen LogP contribution in [0, 0.1) is 0 Å². The summed E-state index contributed by atoms with van der Waals surface area (Å²) in [5, 5.41) is 0. The predicted octanol–water partition coefficient (Wildman–Crippen LogP) is 1.17. The largest absolute Gasteiger partial charge is 0.332 e. The first-order chi connectivity index (χ1) is 8.79. The molecule has 5 nitrogen and oxygen atoms in total. The van der Waals surface area contributed by atoms with E-state index in [2.05, 4.69) is 9.97 Å². The van der Waals surface area contributed by atoms with Crippen molar-refractivity contribution in [1.82, 2.24) is 14.5 Å². The number of aromatic amines is 1. The molecule has 0 amide bonds. The second kappa shape index (κ2) is 4.12. The fourth-order valence-electron chi connectivity index (χ4n) is 1.98. The van der Waals surface area contributed by atoms with E-state index in [1.807, 2.05) is 30.3 Å². The van der Waals surface area contributed by atoms with E-state index in [9.17, 15) is 4.79 Å². The van der Waals surface area contributed by atoms with Crippen molar-refractivity contribution in [2.75, 3.05) is 0 Å². The number of hydrogen-bond donors (Lipinski definition) is 2. The zero-order valence-corrected chi connectivity index (χ0v) is 9.63. The maximum atomic E-state index is 11.9. The molecule has 0 bridgehead atoms. The fourth-order valence-corrected chi connectivity index (χ4v) is 1.98. The molecule has 1 aromatic carbocycles. The lowest BCUT2D eigenvalue weighted by atomic mass is 10.2. The number of nitrogens with two attached hydrogens (primary N) is 1. The van der Waals surface area contributed by atoms with Crippen molar-refractivity contribution >= 4 is 11.2 Å². The van der Waals surface area contributed by atoms with Crippen LogP contribution >= 0.6 is 0 Å². The maximum Gasteiger partial charge on any atom is 0.332 e. The van der Waals surface area contributed by atoms with Crippen LogP contribution in [0.25, 0.3) is 16.9 Å². The molecule has 0 fully saturated rings. The summed E-state index contributed by atoms with van der Waals surface area (Å²) in [4.78, 5) is 18.8. The first-order valence-corrected chi connectivity index (χ1v) is 5.65. The quantitative estimate of drug-likeness (QED) is 0.706. The minimum atomic E-state index is -0.191. The predicted molar refractivity (Wildman–Crippen MR) is 69.6 cm³/mol. The van der Waals surface area contributed by atoms with E-state index in [-0.39, 0.29) is 5.69 Å². The average Bonchev–Trinajstić information content (AvgIpc) is 2.75. The second-order valence-electron chi connectivity index (χ2n) is 4.01. The molecule has 0 aliphatic rings. The molecule has 0 aliphatic heterocycles. The molecule has 0 unspecified atom stereocenters. The molecule has 0 spiro atoms. The second-order valence-corrected chi connectivity index (χ2v) is 4.01. The molecule has 0 radical (unpaired) electrons. The zero-order chi connectivity index (χ0) is 12.5. The maximum absolute atomic E-state index is 11.9. The fraction of sp³-hybridized carbons (Fsp3) is 0.0769.